The fraction of sp³-hybridized carbons (Fsp3) is 0.600. The molecule has 1 aromatic heterocycles. The van der Waals surface area contributed by atoms with Gasteiger partial charge in [0.1, 0.15) is 17.4 Å². The van der Waals surface area contributed by atoms with Gasteiger partial charge in [0, 0.05) is 18.0 Å². The summed E-state index contributed by atoms with van der Waals surface area (Å²) < 4.78 is 34.0. The van der Waals surface area contributed by atoms with Crippen molar-refractivity contribution in [1.29, 1.82) is 0 Å². The van der Waals surface area contributed by atoms with Gasteiger partial charge in [-0.1, -0.05) is 6.07 Å². The minimum absolute atomic E-state index is 0.0830. The first-order valence-electron chi connectivity index (χ1n) is 7.26. The molecule has 24 heavy (non-hydrogen) atoms. The summed E-state index contributed by atoms with van der Waals surface area (Å²) in [6.45, 7) is 1.57. The molecular formula is C15H22F2N2O4S. The Morgan fingerprint density at radius 1 is 1.42 bits per heavy atom. The van der Waals surface area contributed by atoms with Gasteiger partial charge in [0.15, 0.2) is 0 Å². The average molecular weight is 364 g/mol. The fourth-order valence-electron chi connectivity index (χ4n) is 1.78. The molecular weight excluding hydrogens is 342 g/mol. The minimum Gasteiger partial charge on any atom is -0.444 e. The first kappa shape index (κ1) is 20.5. The maximum Gasteiger partial charge on any atom is 0.408 e. The Kier molecular flexibility index (Phi) is 7.71. The van der Waals surface area contributed by atoms with Crippen molar-refractivity contribution < 1.29 is 27.8 Å². The van der Waals surface area contributed by atoms with E-state index >= 15 is 0 Å². The predicted molar refractivity (Wildman–Crippen MR) is 86.1 cm³/mol. The number of ether oxygens (including phenoxy) is 2. The van der Waals surface area contributed by atoms with Gasteiger partial charge < -0.3 is 24.9 Å². The number of thiophene rings is 1. The molecule has 0 fully saturated rings. The Bertz CT molecular complexity index is 520. The zero-order chi connectivity index (χ0) is 18.2. The Hall–Kier alpha value is -1.58. The maximum atomic E-state index is 12.4. The van der Waals surface area contributed by atoms with Crippen LogP contribution < -0.4 is 10.6 Å². The van der Waals surface area contributed by atoms with Crippen LogP contribution in [0.1, 0.15) is 25.6 Å². The second-order valence-corrected chi connectivity index (χ2v) is 7.19. The van der Waals surface area contributed by atoms with E-state index in [2.05, 4.69) is 15.4 Å². The molecule has 0 aliphatic carbocycles. The van der Waals surface area contributed by atoms with Crippen LogP contribution in [0.3, 0.4) is 0 Å². The number of amides is 1. The average Bonchev–Trinajstić information content (AvgIpc) is 2.95. The van der Waals surface area contributed by atoms with Crippen molar-refractivity contribution in [3.63, 3.8) is 0 Å². The van der Waals surface area contributed by atoms with E-state index in [1.807, 2.05) is 17.5 Å². The Morgan fingerprint density at radius 3 is 2.62 bits per heavy atom. The summed E-state index contributed by atoms with van der Waals surface area (Å²) in [5.74, 6) is 0. The summed E-state index contributed by atoms with van der Waals surface area (Å²) >= 11 is 1.51. The van der Waals surface area contributed by atoms with E-state index in [0.717, 1.165) is 4.88 Å². The van der Waals surface area contributed by atoms with Gasteiger partial charge in [0.05, 0.1) is 6.61 Å². The van der Waals surface area contributed by atoms with E-state index in [9.17, 15) is 18.4 Å². The summed E-state index contributed by atoms with van der Waals surface area (Å²) in [7, 11) is 0. The van der Waals surface area contributed by atoms with Crippen LogP contribution in [0.4, 0.5) is 13.6 Å². The van der Waals surface area contributed by atoms with Gasteiger partial charge in [0.2, 0.25) is 0 Å². The number of alkyl halides is 2. The Balaban J connectivity index is 2.72. The zero-order valence-electron chi connectivity index (χ0n) is 13.8. The Labute approximate surface area is 143 Å². The van der Waals surface area contributed by atoms with Gasteiger partial charge in [-0.05, 0) is 32.2 Å². The van der Waals surface area contributed by atoms with Crippen LogP contribution in [-0.2, 0) is 20.8 Å². The monoisotopic (exact) mass is 364 g/mol. The summed E-state index contributed by atoms with van der Waals surface area (Å²) in [5.41, 5.74) is -2.44. The lowest BCUT2D eigenvalue weighted by Gasteiger charge is -2.30. The molecule has 9 heteroatoms. The van der Waals surface area contributed by atoms with Crippen LogP contribution in [0.5, 0.6) is 0 Å². The summed E-state index contributed by atoms with van der Waals surface area (Å²) in [6.07, 6.45) is -0.508. The highest BCUT2D eigenvalue weighted by atomic mass is 32.1. The molecule has 136 valence electrons. The molecule has 0 aliphatic heterocycles. The van der Waals surface area contributed by atoms with E-state index in [-0.39, 0.29) is 6.54 Å². The molecule has 1 aromatic rings. The van der Waals surface area contributed by atoms with Crippen LogP contribution in [0.15, 0.2) is 17.5 Å². The molecule has 1 atom stereocenters. The third-order valence-corrected chi connectivity index (χ3v) is 3.64. The van der Waals surface area contributed by atoms with Crippen molar-refractivity contribution in [2.75, 3.05) is 13.2 Å². The highest BCUT2D eigenvalue weighted by Crippen LogP contribution is 2.12. The van der Waals surface area contributed by atoms with Gasteiger partial charge >= 0.3 is 12.7 Å². The number of carbonyl (C=O) groups excluding carboxylic acids is 2. The highest BCUT2D eigenvalue weighted by Gasteiger charge is 2.35. The lowest BCUT2D eigenvalue weighted by atomic mass is 10.0. The molecule has 1 rings (SSSR count). The van der Waals surface area contributed by atoms with Crippen LogP contribution in [-0.4, -0.2) is 43.3 Å². The number of nitrogens with one attached hydrogen (secondary N) is 2. The molecule has 0 saturated heterocycles. The second kappa shape index (κ2) is 9.05. The lowest BCUT2D eigenvalue weighted by molar-refractivity contribution is -0.148. The number of rotatable bonds is 9. The standard InChI is InChI=1S/C15H22F2N2O4S/c1-14(2,3)23-13(21)19-15(9-20,10-22-12(16)17)8-18-7-11-5-4-6-24-11/h4-6,9,12,18H,7-8,10H2,1-3H3,(H,19,21)/t15-/m0/s1. The van der Waals surface area contributed by atoms with E-state index in [1.165, 1.54) is 11.3 Å². The van der Waals surface area contributed by atoms with Crippen molar-refractivity contribution >= 4 is 23.7 Å². The normalized spacial score (nSPS) is 14.2. The Morgan fingerprint density at radius 2 is 2.12 bits per heavy atom. The number of aldehydes is 1. The smallest absolute Gasteiger partial charge is 0.408 e. The number of carbonyl (C=O) groups is 2. The molecule has 0 radical (unpaired) electrons. The van der Waals surface area contributed by atoms with Gasteiger partial charge in [-0.2, -0.15) is 8.78 Å². The van der Waals surface area contributed by atoms with E-state index in [4.69, 9.17) is 4.74 Å². The molecule has 6 nitrogen and oxygen atoms in total. The first-order valence-corrected chi connectivity index (χ1v) is 8.14. The molecule has 1 heterocycles. The molecule has 0 bridgehead atoms. The molecule has 0 aliphatic rings. The van der Waals surface area contributed by atoms with Crippen LogP contribution >= 0.6 is 11.3 Å². The number of alkyl carbamates (subject to hydrolysis) is 1. The third kappa shape index (κ3) is 7.80. The van der Waals surface area contributed by atoms with Gasteiger partial charge in [0.25, 0.3) is 0 Å². The van der Waals surface area contributed by atoms with E-state index in [0.29, 0.717) is 12.8 Å². The summed E-state index contributed by atoms with van der Waals surface area (Å²) in [5, 5.41) is 7.17. The lowest BCUT2D eigenvalue weighted by Crippen LogP contribution is -2.60. The maximum absolute atomic E-state index is 12.4. The minimum atomic E-state index is -3.05. The van der Waals surface area contributed by atoms with Crippen molar-refractivity contribution in [1.82, 2.24) is 10.6 Å². The number of halogens is 2. The van der Waals surface area contributed by atoms with E-state index < -0.39 is 30.5 Å². The van der Waals surface area contributed by atoms with Crippen molar-refractivity contribution in [2.45, 2.75) is 45.1 Å². The summed E-state index contributed by atoms with van der Waals surface area (Å²) in [4.78, 5) is 24.4. The zero-order valence-corrected chi connectivity index (χ0v) is 14.6. The van der Waals surface area contributed by atoms with Crippen LogP contribution in [0, 0.1) is 0 Å². The topological polar surface area (TPSA) is 76.7 Å². The van der Waals surface area contributed by atoms with Crippen LogP contribution in [0.2, 0.25) is 0 Å². The molecule has 2 N–H and O–H groups in total. The quantitative estimate of drug-likeness (QED) is 0.659. The third-order valence-electron chi connectivity index (χ3n) is 2.76. The van der Waals surface area contributed by atoms with Gasteiger partial charge in [-0.25, -0.2) is 4.79 Å². The largest absolute Gasteiger partial charge is 0.444 e. The van der Waals surface area contributed by atoms with E-state index in [1.54, 1.807) is 20.8 Å². The van der Waals surface area contributed by atoms with Gasteiger partial charge in [-0.3, -0.25) is 0 Å². The number of hydrogen-bond donors (Lipinski definition) is 2. The fourth-order valence-corrected chi connectivity index (χ4v) is 2.45. The molecule has 0 aromatic carbocycles. The number of hydrogen-bond acceptors (Lipinski definition) is 6. The van der Waals surface area contributed by atoms with Crippen molar-refractivity contribution in [3.05, 3.63) is 22.4 Å². The first-order chi connectivity index (χ1) is 11.2. The molecule has 1 amide bonds. The molecule has 0 saturated carbocycles. The highest BCUT2D eigenvalue weighted by molar-refractivity contribution is 7.09. The predicted octanol–water partition coefficient (Wildman–Crippen LogP) is 2.54. The van der Waals surface area contributed by atoms with Gasteiger partial charge in [-0.15, -0.1) is 11.3 Å². The molecule has 0 spiro atoms. The van der Waals surface area contributed by atoms with Crippen LogP contribution in [0.25, 0.3) is 0 Å². The van der Waals surface area contributed by atoms with Crippen molar-refractivity contribution in [2.24, 2.45) is 0 Å². The SMILES string of the molecule is CC(C)(C)OC(=O)N[C@](C=O)(CNCc1cccs1)COC(F)F. The van der Waals surface area contributed by atoms with Crippen molar-refractivity contribution in [3.8, 4) is 0 Å². The summed E-state index contributed by atoms with van der Waals surface area (Å²) in [6, 6.07) is 3.75. The molecule has 0 unspecified atom stereocenters. The second-order valence-electron chi connectivity index (χ2n) is 6.16.